The van der Waals surface area contributed by atoms with E-state index in [1.807, 2.05) is 0 Å². The van der Waals surface area contributed by atoms with Gasteiger partial charge >= 0.3 is 0 Å². The number of hydrogen-bond donors (Lipinski definition) is 0. The van der Waals surface area contributed by atoms with Gasteiger partial charge in [-0.15, -0.1) is 0 Å². The largest absolute Gasteiger partial charge is 0.0838 e. The Bertz CT molecular complexity index is 782. The van der Waals surface area contributed by atoms with Crippen LogP contribution in [0.25, 0.3) is 32.0 Å². The van der Waals surface area contributed by atoms with Crippen LogP contribution in [0.5, 0.6) is 0 Å². The van der Waals surface area contributed by atoms with Crippen LogP contribution in [0.3, 0.4) is 0 Å². The molecule has 0 aliphatic rings. The fourth-order valence-electron chi connectivity index (χ4n) is 1.74. The van der Waals surface area contributed by atoms with Crippen LogP contribution in [-0.4, -0.2) is 0 Å². The summed E-state index contributed by atoms with van der Waals surface area (Å²) in [6, 6.07) is 5.87. The summed E-state index contributed by atoms with van der Waals surface area (Å²) in [4.78, 5) is 5.32. The van der Waals surface area contributed by atoms with Crippen molar-refractivity contribution in [1.82, 2.24) is 0 Å². The summed E-state index contributed by atoms with van der Waals surface area (Å²) < 4.78 is 0. The Hall–Kier alpha value is -1.78. The maximum absolute atomic E-state index is 8.46. The number of nitrogens with zero attached hydrogens (tertiary/aromatic N) is 6. The summed E-state index contributed by atoms with van der Waals surface area (Å²) in [5.74, 6) is 0. The molecule has 0 bridgehead atoms. The third-order valence-electron chi connectivity index (χ3n) is 2.67. The third-order valence-corrected chi connectivity index (χ3v) is 3.90. The Labute approximate surface area is 144 Å². The van der Waals surface area contributed by atoms with E-state index in [1.54, 1.807) is 0 Å². The molecule has 0 aliphatic carbocycles. The summed E-state index contributed by atoms with van der Waals surface area (Å²) in [6.45, 7) is 0. The van der Waals surface area contributed by atoms with Gasteiger partial charge in [-0.05, 0) is 35.3 Å². The first kappa shape index (κ1) is 16.6. The Morgan fingerprint density at radius 1 is 0.636 bits per heavy atom. The molecule has 2 aromatic rings. The Morgan fingerprint density at radius 3 is 1.32 bits per heavy atom. The second kappa shape index (κ2) is 6.99. The van der Waals surface area contributed by atoms with Crippen molar-refractivity contribution in [2.24, 2.45) is 10.2 Å². The maximum Gasteiger partial charge on any atom is 0.0576 e. The molecule has 2 rings (SSSR count). The van der Waals surface area contributed by atoms with Gasteiger partial charge in [0.25, 0.3) is 0 Å². The SMILES string of the molecule is [N-]=[N+]=Nc1cc(Cl)c(-c2cc(Cl)c(N=[N+]=[N-])cc2Cl)cc1Cl. The molecule has 0 saturated carbocycles. The van der Waals surface area contributed by atoms with E-state index in [-0.39, 0.29) is 31.5 Å². The highest BCUT2D eigenvalue weighted by Gasteiger charge is 2.14. The van der Waals surface area contributed by atoms with Gasteiger partial charge < -0.3 is 0 Å². The van der Waals surface area contributed by atoms with Crippen LogP contribution in [0, 0.1) is 0 Å². The number of benzene rings is 2. The van der Waals surface area contributed by atoms with E-state index < -0.39 is 0 Å². The summed E-state index contributed by atoms with van der Waals surface area (Å²) in [6.07, 6.45) is 0. The second-order valence-corrected chi connectivity index (χ2v) is 5.57. The highest BCUT2D eigenvalue weighted by Crippen LogP contribution is 2.42. The number of azide groups is 2. The second-order valence-electron chi connectivity index (χ2n) is 3.95. The molecule has 0 radical (unpaired) electrons. The average molecular weight is 374 g/mol. The van der Waals surface area contributed by atoms with E-state index in [9.17, 15) is 0 Å². The zero-order valence-corrected chi connectivity index (χ0v) is 13.5. The molecule has 0 aliphatic heterocycles. The fourth-order valence-corrected chi connectivity index (χ4v) is 2.66. The van der Waals surface area contributed by atoms with Crippen molar-refractivity contribution in [1.29, 1.82) is 0 Å². The van der Waals surface area contributed by atoms with Gasteiger partial charge in [0.05, 0.1) is 21.4 Å². The van der Waals surface area contributed by atoms with Crippen LogP contribution < -0.4 is 0 Å². The molecular formula is C12H4Cl4N6. The molecule has 2 aromatic carbocycles. The Kier molecular flexibility index (Phi) is 5.27. The summed E-state index contributed by atoms with van der Waals surface area (Å²) in [5.41, 5.74) is 18.3. The molecule has 10 heteroatoms. The summed E-state index contributed by atoms with van der Waals surface area (Å²) in [7, 11) is 0. The van der Waals surface area contributed by atoms with E-state index in [0.717, 1.165) is 0 Å². The first-order chi connectivity index (χ1) is 10.5. The lowest BCUT2D eigenvalue weighted by Gasteiger charge is -2.11. The van der Waals surface area contributed by atoms with Gasteiger partial charge in [0, 0.05) is 31.0 Å². The normalized spacial score (nSPS) is 9.82. The fraction of sp³-hybridized carbons (Fsp3) is 0. The Morgan fingerprint density at radius 2 is 1.00 bits per heavy atom. The standard InChI is InChI=1S/C12H4Cl4N6/c13-7-3-11(19-21-17)9(15)1-5(7)6-2-10(16)12(20-22-18)4-8(6)14/h1-4H. The van der Waals surface area contributed by atoms with Crippen molar-refractivity contribution in [2.75, 3.05) is 0 Å². The molecule has 0 amide bonds. The summed E-state index contributed by atoms with van der Waals surface area (Å²) >= 11 is 24.4. The van der Waals surface area contributed by atoms with E-state index in [1.165, 1.54) is 24.3 Å². The average Bonchev–Trinajstić information content (AvgIpc) is 2.47. The van der Waals surface area contributed by atoms with Gasteiger partial charge in [-0.2, -0.15) is 0 Å². The quantitative estimate of drug-likeness (QED) is 0.297. The molecule has 0 fully saturated rings. The van der Waals surface area contributed by atoms with E-state index in [4.69, 9.17) is 57.5 Å². The molecule has 6 nitrogen and oxygen atoms in total. The van der Waals surface area contributed by atoms with Gasteiger partial charge in [-0.1, -0.05) is 56.6 Å². The highest BCUT2D eigenvalue weighted by molar-refractivity contribution is 6.40. The van der Waals surface area contributed by atoms with E-state index in [2.05, 4.69) is 20.1 Å². The smallest absolute Gasteiger partial charge is 0.0576 e. The molecule has 0 heterocycles. The van der Waals surface area contributed by atoms with E-state index in [0.29, 0.717) is 11.1 Å². The van der Waals surface area contributed by atoms with Crippen molar-refractivity contribution in [3.63, 3.8) is 0 Å². The zero-order valence-electron chi connectivity index (χ0n) is 10.5. The molecule has 0 saturated heterocycles. The molecule has 0 N–H and O–H groups in total. The summed E-state index contributed by atoms with van der Waals surface area (Å²) in [5, 5.41) is 7.84. The van der Waals surface area contributed by atoms with Crippen LogP contribution in [-0.2, 0) is 0 Å². The molecule has 0 aromatic heterocycles. The maximum atomic E-state index is 8.46. The lowest BCUT2D eigenvalue weighted by atomic mass is 10.0. The van der Waals surface area contributed by atoms with Crippen LogP contribution in [0.4, 0.5) is 11.4 Å². The molecular weight excluding hydrogens is 370 g/mol. The molecule has 0 spiro atoms. The van der Waals surface area contributed by atoms with Crippen molar-refractivity contribution in [3.8, 4) is 11.1 Å². The van der Waals surface area contributed by atoms with Crippen molar-refractivity contribution in [3.05, 3.63) is 65.2 Å². The minimum absolute atomic E-state index is 0.200. The van der Waals surface area contributed by atoms with Crippen LogP contribution in [0.2, 0.25) is 20.1 Å². The minimum Gasteiger partial charge on any atom is -0.0838 e. The van der Waals surface area contributed by atoms with Crippen LogP contribution in [0.15, 0.2) is 34.5 Å². The lowest BCUT2D eigenvalue weighted by Crippen LogP contribution is -1.84. The number of hydrogen-bond acceptors (Lipinski definition) is 2. The van der Waals surface area contributed by atoms with E-state index >= 15 is 0 Å². The van der Waals surface area contributed by atoms with Crippen LogP contribution in [0.1, 0.15) is 0 Å². The number of halogens is 4. The minimum atomic E-state index is 0.200. The first-order valence-electron chi connectivity index (χ1n) is 5.56. The third kappa shape index (κ3) is 3.34. The Balaban J connectivity index is 2.67. The molecule has 110 valence electrons. The van der Waals surface area contributed by atoms with Gasteiger partial charge in [0.15, 0.2) is 0 Å². The predicted molar refractivity (Wildman–Crippen MR) is 89.5 cm³/mol. The predicted octanol–water partition coefficient (Wildman–Crippen LogP) is 7.85. The molecule has 0 unspecified atom stereocenters. The topological polar surface area (TPSA) is 97.5 Å². The zero-order chi connectivity index (χ0) is 16.3. The lowest BCUT2D eigenvalue weighted by molar-refractivity contribution is 1.46. The molecule has 22 heavy (non-hydrogen) atoms. The van der Waals surface area contributed by atoms with Crippen molar-refractivity contribution >= 4 is 57.8 Å². The van der Waals surface area contributed by atoms with Crippen molar-refractivity contribution < 1.29 is 0 Å². The first-order valence-corrected chi connectivity index (χ1v) is 7.07. The van der Waals surface area contributed by atoms with Gasteiger partial charge in [0.2, 0.25) is 0 Å². The van der Waals surface area contributed by atoms with Gasteiger partial charge in [-0.25, -0.2) is 0 Å². The highest BCUT2D eigenvalue weighted by atomic mass is 35.5. The van der Waals surface area contributed by atoms with Crippen molar-refractivity contribution in [2.45, 2.75) is 0 Å². The molecule has 0 atom stereocenters. The number of rotatable bonds is 3. The van der Waals surface area contributed by atoms with Gasteiger partial charge in [-0.3, -0.25) is 0 Å². The monoisotopic (exact) mass is 372 g/mol. The van der Waals surface area contributed by atoms with Gasteiger partial charge in [0.1, 0.15) is 0 Å². The van der Waals surface area contributed by atoms with Crippen LogP contribution >= 0.6 is 46.4 Å².